The van der Waals surface area contributed by atoms with Gasteiger partial charge in [0.2, 0.25) is 0 Å². The van der Waals surface area contributed by atoms with Gasteiger partial charge in [-0.05, 0) is 0 Å². The summed E-state index contributed by atoms with van der Waals surface area (Å²) in [6.45, 7) is 0. The zero-order chi connectivity index (χ0) is 9.00. The molecule has 0 bridgehead atoms. The van der Waals surface area contributed by atoms with Gasteiger partial charge in [-0.1, -0.05) is 0 Å². The van der Waals surface area contributed by atoms with Crippen molar-refractivity contribution in [2.75, 3.05) is 0 Å². The SMILES string of the molecule is O[Si](O)(O)O.[Na+].[Na+].[Na+].[Na+].[O-][Si]([O-])([O-])[O-]. The minimum absolute atomic E-state index is 0. The van der Waals surface area contributed by atoms with Gasteiger partial charge in [-0.2, -0.15) is 0 Å². The van der Waals surface area contributed by atoms with Crippen LogP contribution in [0.3, 0.4) is 0 Å². The third kappa shape index (κ3) is 218. The Kier molecular flexibility index (Phi) is 44.2. The molecule has 0 aromatic rings. The summed E-state index contributed by atoms with van der Waals surface area (Å²) >= 11 is 0. The van der Waals surface area contributed by atoms with Crippen molar-refractivity contribution < 1.29 is 157 Å². The summed E-state index contributed by atoms with van der Waals surface area (Å²) in [5.74, 6) is 0. The van der Waals surface area contributed by atoms with Gasteiger partial charge < -0.3 is 47.4 Å². The average molecular weight is 280 g/mol. The van der Waals surface area contributed by atoms with Gasteiger partial charge in [0.1, 0.15) is 0 Å². The summed E-state index contributed by atoms with van der Waals surface area (Å²) in [4.78, 5) is 63.6. The van der Waals surface area contributed by atoms with Crippen molar-refractivity contribution >= 4 is 18.1 Å². The second-order valence-corrected chi connectivity index (χ2v) is 3.30. The maximum Gasteiger partial charge on any atom is 1.00 e. The Morgan fingerprint density at radius 3 is 0.571 bits per heavy atom. The predicted octanol–water partition coefficient (Wildman–Crippen LogP) is -19.7. The molecule has 14 heteroatoms. The Morgan fingerprint density at radius 2 is 0.571 bits per heavy atom. The third-order valence-electron chi connectivity index (χ3n) is 0. The molecule has 0 rings (SSSR count). The van der Waals surface area contributed by atoms with E-state index >= 15 is 0 Å². The van der Waals surface area contributed by atoms with Gasteiger partial charge in [0.15, 0.2) is 0 Å². The van der Waals surface area contributed by atoms with Crippen molar-refractivity contribution in [1.29, 1.82) is 0 Å². The first-order chi connectivity index (χ1) is 4.00. The summed E-state index contributed by atoms with van der Waals surface area (Å²) in [5, 5.41) is 0. The van der Waals surface area contributed by atoms with Crippen LogP contribution in [0.15, 0.2) is 0 Å². The minimum Gasteiger partial charge on any atom is -0.894 e. The zero-order valence-electron chi connectivity index (χ0n) is 8.42. The molecular weight excluding hydrogens is 276 g/mol. The molecule has 8 nitrogen and oxygen atoms in total. The van der Waals surface area contributed by atoms with E-state index < -0.39 is 18.1 Å². The molecule has 0 saturated heterocycles. The first-order valence-corrected chi connectivity index (χ1v) is 5.13. The molecule has 4 N–H and O–H groups in total. The molecular formula is H4Na4O8Si2. The normalized spacial score (nSPS) is 8.57. The quantitative estimate of drug-likeness (QED) is 0.316. The molecule has 0 amide bonds. The molecule has 0 aliphatic heterocycles. The maximum absolute atomic E-state index is 8.58. The van der Waals surface area contributed by atoms with Crippen molar-refractivity contribution in [3.05, 3.63) is 0 Å². The van der Waals surface area contributed by atoms with E-state index in [-0.39, 0.29) is 118 Å². The molecule has 0 unspecified atom stereocenters. The zero-order valence-corrected chi connectivity index (χ0v) is 18.4. The van der Waals surface area contributed by atoms with E-state index in [1.165, 1.54) is 0 Å². The second kappa shape index (κ2) is 17.1. The smallest absolute Gasteiger partial charge is 0.894 e. The fraction of sp³-hybridized carbons (Fsp3) is 0. The number of hydrogen-bond donors (Lipinski definition) is 4. The Balaban J connectivity index is -0.0000000178. The van der Waals surface area contributed by atoms with E-state index in [0.717, 1.165) is 0 Å². The fourth-order valence-corrected chi connectivity index (χ4v) is 0. The maximum atomic E-state index is 8.58. The number of hydrogen-bond acceptors (Lipinski definition) is 8. The van der Waals surface area contributed by atoms with Crippen LogP contribution in [0, 0.1) is 0 Å². The van der Waals surface area contributed by atoms with E-state index in [0.29, 0.717) is 0 Å². The Bertz CT molecular complexity index is 62.3. The summed E-state index contributed by atoms with van der Waals surface area (Å²) in [5.41, 5.74) is 0. The van der Waals surface area contributed by atoms with E-state index in [9.17, 15) is 0 Å². The van der Waals surface area contributed by atoms with Gasteiger partial charge in [-0.25, -0.2) is 0 Å². The second-order valence-electron chi connectivity index (χ2n) is 1.10. The Morgan fingerprint density at radius 1 is 0.571 bits per heavy atom. The number of rotatable bonds is 0. The molecule has 0 aromatic carbocycles. The van der Waals surface area contributed by atoms with Crippen LogP contribution >= 0.6 is 0 Å². The molecule has 0 saturated carbocycles. The molecule has 64 valence electrons. The minimum atomic E-state index is -5.61. The van der Waals surface area contributed by atoms with Crippen LogP contribution in [0.25, 0.3) is 0 Å². The van der Waals surface area contributed by atoms with Crippen molar-refractivity contribution in [1.82, 2.24) is 0 Å². The van der Waals surface area contributed by atoms with Crippen LogP contribution in [0.5, 0.6) is 0 Å². The van der Waals surface area contributed by atoms with Crippen LogP contribution in [-0.4, -0.2) is 37.3 Å². The molecule has 14 heavy (non-hydrogen) atoms. The first kappa shape index (κ1) is 36.2. The molecule has 0 heterocycles. The van der Waals surface area contributed by atoms with Crippen molar-refractivity contribution in [2.24, 2.45) is 0 Å². The van der Waals surface area contributed by atoms with Crippen molar-refractivity contribution in [3.8, 4) is 0 Å². The van der Waals surface area contributed by atoms with Gasteiger partial charge in [0, 0.05) is 0 Å². The summed E-state index contributed by atoms with van der Waals surface area (Å²) in [7, 11) is -10.2. The van der Waals surface area contributed by atoms with Crippen molar-refractivity contribution in [3.63, 3.8) is 0 Å². The Hall–Kier alpha value is 4.11. The van der Waals surface area contributed by atoms with E-state index in [1.807, 2.05) is 0 Å². The van der Waals surface area contributed by atoms with Crippen LogP contribution in [0.1, 0.15) is 0 Å². The van der Waals surface area contributed by atoms with Crippen LogP contribution in [-0.2, 0) is 0 Å². The van der Waals surface area contributed by atoms with Crippen LogP contribution in [0.4, 0.5) is 0 Å². The van der Waals surface area contributed by atoms with Gasteiger partial charge in [-0.3, -0.25) is 0 Å². The molecule has 0 aliphatic rings. The van der Waals surface area contributed by atoms with Crippen LogP contribution < -0.4 is 137 Å². The van der Waals surface area contributed by atoms with Crippen molar-refractivity contribution in [2.45, 2.75) is 0 Å². The fourth-order valence-electron chi connectivity index (χ4n) is 0. The average Bonchev–Trinajstić information content (AvgIpc) is 1.12. The molecule has 0 spiro atoms. The monoisotopic (exact) mass is 280 g/mol. The van der Waals surface area contributed by atoms with Gasteiger partial charge in [-0.15, -0.1) is 0 Å². The van der Waals surface area contributed by atoms with Gasteiger partial charge in [0.25, 0.3) is 0 Å². The van der Waals surface area contributed by atoms with E-state index in [4.69, 9.17) is 38.4 Å². The van der Waals surface area contributed by atoms with Gasteiger partial charge in [0.05, 0.1) is 0 Å². The summed E-state index contributed by atoms with van der Waals surface area (Å²) < 4.78 is 0. The standard InChI is InChI=1S/4Na.H4O4Si.O4Si/c;;;;2*1-5(2,3)4/h;;;;1-4H;/q4*+1;;-4. The third-order valence-corrected chi connectivity index (χ3v) is 0. The molecule has 0 aromatic heterocycles. The molecule has 0 atom stereocenters. The van der Waals surface area contributed by atoms with E-state index in [2.05, 4.69) is 0 Å². The predicted molar refractivity (Wildman–Crippen MR) is 20.4 cm³/mol. The van der Waals surface area contributed by atoms with Crippen LogP contribution in [0.2, 0.25) is 0 Å². The summed E-state index contributed by atoms with van der Waals surface area (Å²) in [6, 6.07) is 0. The topological polar surface area (TPSA) is 173 Å². The Labute approximate surface area is 171 Å². The first-order valence-electron chi connectivity index (χ1n) is 1.71. The molecule has 0 fully saturated rings. The summed E-state index contributed by atoms with van der Waals surface area (Å²) in [6.07, 6.45) is 0. The molecule has 0 aliphatic carbocycles. The van der Waals surface area contributed by atoms with E-state index in [1.54, 1.807) is 0 Å². The molecule has 0 radical (unpaired) electrons. The largest absolute Gasteiger partial charge is 1.00 e. The van der Waals surface area contributed by atoms with Gasteiger partial charge >= 0.3 is 127 Å².